The van der Waals surface area contributed by atoms with Gasteiger partial charge in [0.2, 0.25) is 0 Å². The second-order valence-electron chi connectivity index (χ2n) is 4.37. The molecule has 1 aliphatic rings. The van der Waals surface area contributed by atoms with Crippen molar-refractivity contribution in [3.63, 3.8) is 0 Å². The van der Waals surface area contributed by atoms with Crippen LogP contribution >= 0.6 is 11.3 Å². The Balaban J connectivity index is 2.10. The quantitative estimate of drug-likeness (QED) is 0.845. The number of thiazole rings is 1. The van der Waals surface area contributed by atoms with Crippen molar-refractivity contribution in [2.75, 3.05) is 18.1 Å². The number of carbonyl (C=O) groups excluding carboxylic acids is 1. The van der Waals surface area contributed by atoms with E-state index >= 15 is 0 Å². The van der Waals surface area contributed by atoms with E-state index in [1.807, 2.05) is 37.6 Å². The number of aromatic nitrogens is 1. The minimum Gasteiger partial charge on any atom is -0.482 e. The first kappa shape index (κ1) is 12.2. The number of anilines is 1. The Labute approximate surface area is 115 Å². The van der Waals surface area contributed by atoms with Crippen molar-refractivity contribution in [2.24, 2.45) is 0 Å². The van der Waals surface area contributed by atoms with E-state index in [4.69, 9.17) is 4.74 Å². The number of nitrogens with zero attached hydrogens (tertiary/aromatic N) is 2. The van der Waals surface area contributed by atoms with Crippen molar-refractivity contribution in [1.82, 2.24) is 4.98 Å². The summed E-state index contributed by atoms with van der Waals surface area (Å²) in [6.45, 7) is 4.78. The van der Waals surface area contributed by atoms with Crippen LogP contribution in [0.15, 0.2) is 23.7 Å². The first-order valence-electron chi connectivity index (χ1n) is 6.18. The number of fused-ring (bicyclic) bond motifs is 1. The van der Waals surface area contributed by atoms with E-state index in [1.54, 1.807) is 16.2 Å². The summed E-state index contributed by atoms with van der Waals surface area (Å²) in [5.41, 5.74) is 4.67. The van der Waals surface area contributed by atoms with Crippen molar-refractivity contribution in [3.05, 3.63) is 28.6 Å². The van der Waals surface area contributed by atoms with Crippen molar-refractivity contribution in [3.8, 4) is 17.0 Å². The Morgan fingerprint density at radius 2 is 2.32 bits per heavy atom. The minimum absolute atomic E-state index is 0.00199. The van der Waals surface area contributed by atoms with E-state index in [0.29, 0.717) is 6.54 Å². The predicted molar refractivity (Wildman–Crippen MR) is 75.8 cm³/mol. The third-order valence-electron chi connectivity index (χ3n) is 3.24. The van der Waals surface area contributed by atoms with Crippen LogP contribution in [0, 0.1) is 6.92 Å². The standard InChI is InChI=1S/C14H14N2O2S/c1-3-16-11-6-10(14-9(2)19-8-15-14)4-5-12(11)18-7-13(16)17/h4-6,8H,3,7H2,1-2H3. The van der Waals surface area contributed by atoms with Gasteiger partial charge < -0.3 is 9.64 Å². The van der Waals surface area contributed by atoms with Crippen molar-refractivity contribution < 1.29 is 9.53 Å². The lowest BCUT2D eigenvalue weighted by Gasteiger charge is -2.28. The van der Waals surface area contributed by atoms with Crippen LogP contribution in [0.5, 0.6) is 5.75 Å². The SMILES string of the molecule is CCN1C(=O)COc2ccc(-c3ncsc3C)cc21. The van der Waals surface area contributed by atoms with Gasteiger partial charge in [0.1, 0.15) is 5.75 Å². The number of carbonyl (C=O) groups is 1. The number of likely N-dealkylation sites (N-methyl/N-ethyl adjacent to an activating group) is 1. The van der Waals surface area contributed by atoms with Crippen LogP contribution in [0.4, 0.5) is 5.69 Å². The fraction of sp³-hybridized carbons (Fsp3) is 0.286. The van der Waals surface area contributed by atoms with Crippen molar-refractivity contribution >= 4 is 22.9 Å². The molecule has 1 aromatic carbocycles. The van der Waals surface area contributed by atoms with Gasteiger partial charge in [-0.2, -0.15) is 0 Å². The van der Waals surface area contributed by atoms with Gasteiger partial charge in [-0.3, -0.25) is 4.79 Å². The average molecular weight is 274 g/mol. The van der Waals surface area contributed by atoms with Gasteiger partial charge in [-0.15, -0.1) is 11.3 Å². The fourth-order valence-corrected chi connectivity index (χ4v) is 2.88. The Morgan fingerprint density at radius 3 is 3.00 bits per heavy atom. The summed E-state index contributed by atoms with van der Waals surface area (Å²) < 4.78 is 5.46. The topological polar surface area (TPSA) is 42.4 Å². The number of hydrogen-bond donors (Lipinski definition) is 0. The molecule has 5 heteroatoms. The largest absolute Gasteiger partial charge is 0.482 e. The van der Waals surface area contributed by atoms with Crippen molar-refractivity contribution in [1.29, 1.82) is 0 Å². The molecular weight excluding hydrogens is 260 g/mol. The molecule has 3 rings (SSSR count). The lowest BCUT2D eigenvalue weighted by atomic mass is 10.1. The Bertz CT molecular complexity index is 636. The Morgan fingerprint density at radius 1 is 1.47 bits per heavy atom. The summed E-state index contributed by atoms with van der Waals surface area (Å²) in [4.78, 5) is 19.1. The van der Waals surface area contributed by atoms with E-state index < -0.39 is 0 Å². The number of benzene rings is 1. The molecule has 0 unspecified atom stereocenters. The van der Waals surface area contributed by atoms with Gasteiger partial charge >= 0.3 is 0 Å². The number of ether oxygens (including phenoxy) is 1. The molecule has 0 radical (unpaired) electrons. The van der Waals surface area contributed by atoms with Gasteiger partial charge in [0, 0.05) is 17.0 Å². The fourth-order valence-electron chi connectivity index (χ4n) is 2.28. The van der Waals surface area contributed by atoms with Crippen LogP contribution in [0.3, 0.4) is 0 Å². The van der Waals surface area contributed by atoms with Gasteiger partial charge in [-0.25, -0.2) is 4.98 Å². The minimum atomic E-state index is 0.00199. The molecule has 2 aromatic rings. The highest BCUT2D eigenvalue weighted by Gasteiger charge is 2.24. The maximum absolute atomic E-state index is 11.8. The molecule has 0 saturated carbocycles. The molecule has 1 aromatic heterocycles. The molecule has 0 spiro atoms. The van der Waals surface area contributed by atoms with Crippen LogP contribution in [-0.4, -0.2) is 24.0 Å². The van der Waals surface area contributed by atoms with Gasteiger partial charge in [0.15, 0.2) is 6.61 Å². The summed E-state index contributed by atoms with van der Waals surface area (Å²) in [6.07, 6.45) is 0. The number of amides is 1. The summed E-state index contributed by atoms with van der Waals surface area (Å²) in [5.74, 6) is 0.764. The highest BCUT2D eigenvalue weighted by molar-refractivity contribution is 7.10. The molecule has 0 N–H and O–H groups in total. The van der Waals surface area contributed by atoms with Gasteiger partial charge in [-0.1, -0.05) is 0 Å². The molecule has 4 nitrogen and oxygen atoms in total. The Hall–Kier alpha value is -1.88. The molecular formula is C14H14N2O2S. The molecule has 0 fully saturated rings. The van der Waals surface area contributed by atoms with Gasteiger partial charge in [-0.05, 0) is 32.0 Å². The summed E-state index contributed by atoms with van der Waals surface area (Å²) in [7, 11) is 0. The molecule has 0 bridgehead atoms. The normalized spacial score (nSPS) is 14.2. The zero-order chi connectivity index (χ0) is 13.4. The average Bonchev–Trinajstić information content (AvgIpc) is 2.84. The lowest BCUT2D eigenvalue weighted by Crippen LogP contribution is -2.38. The summed E-state index contributed by atoms with van der Waals surface area (Å²) in [5, 5.41) is 0. The number of aryl methyl sites for hydroxylation is 1. The highest BCUT2D eigenvalue weighted by Crippen LogP contribution is 2.36. The monoisotopic (exact) mass is 274 g/mol. The third kappa shape index (κ3) is 2.00. The smallest absolute Gasteiger partial charge is 0.265 e. The molecule has 0 atom stereocenters. The first-order chi connectivity index (χ1) is 9.20. The Kier molecular flexibility index (Phi) is 2.98. The summed E-state index contributed by atoms with van der Waals surface area (Å²) in [6, 6.07) is 5.89. The van der Waals surface area contributed by atoms with Gasteiger partial charge in [0.25, 0.3) is 5.91 Å². The zero-order valence-electron chi connectivity index (χ0n) is 10.8. The van der Waals surface area contributed by atoms with Crippen LogP contribution in [0.25, 0.3) is 11.3 Å². The molecule has 1 aliphatic heterocycles. The van der Waals surface area contributed by atoms with E-state index in [2.05, 4.69) is 4.98 Å². The number of hydrogen-bond acceptors (Lipinski definition) is 4. The number of rotatable bonds is 2. The molecule has 19 heavy (non-hydrogen) atoms. The summed E-state index contributed by atoms with van der Waals surface area (Å²) >= 11 is 1.62. The molecule has 2 heterocycles. The molecule has 0 aliphatic carbocycles. The maximum atomic E-state index is 11.8. The molecule has 1 amide bonds. The molecule has 98 valence electrons. The van der Waals surface area contributed by atoms with Crippen LogP contribution in [0.2, 0.25) is 0 Å². The second kappa shape index (κ2) is 4.66. The predicted octanol–water partition coefficient (Wildman–Crippen LogP) is 2.86. The lowest BCUT2D eigenvalue weighted by molar-refractivity contribution is -0.121. The zero-order valence-corrected chi connectivity index (χ0v) is 11.7. The van der Waals surface area contributed by atoms with Crippen molar-refractivity contribution in [2.45, 2.75) is 13.8 Å². The molecule has 0 saturated heterocycles. The van der Waals surface area contributed by atoms with Crippen LogP contribution in [-0.2, 0) is 4.79 Å². The van der Waals surface area contributed by atoms with E-state index in [0.717, 1.165) is 22.7 Å². The van der Waals surface area contributed by atoms with E-state index in [-0.39, 0.29) is 12.5 Å². The van der Waals surface area contributed by atoms with E-state index in [1.165, 1.54) is 4.88 Å². The first-order valence-corrected chi connectivity index (χ1v) is 7.06. The second-order valence-corrected chi connectivity index (χ2v) is 5.43. The third-order valence-corrected chi connectivity index (χ3v) is 3.99. The van der Waals surface area contributed by atoms with Crippen LogP contribution < -0.4 is 9.64 Å². The maximum Gasteiger partial charge on any atom is 0.265 e. The van der Waals surface area contributed by atoms with E-state index in [9.17, 15) is 4.79 Å². The van der Waals surface area contributed by atoms with Crippen LogP contribution in [0.1, 0.15) is 11.8 Å². The van der Waals surface area contributed by atoms with Gasteiger partial charge in [0.05, 0.1) is 16.9 Å². The highest BCUT2D eigenvalue weighted by atomic mass is 32.1.